The van der Waals surface area contributed by atoms with Gasteiger partial charge in [0, 0.05) is 6.07 Å². The minimum absolute atomic E-state index is 0.0356. The maximum Gasteiger partial charge on any atom is 0.363 e. The van der Waals surface area contributed by atoms with E-state index in [9.17, 15) is 23.2 Å². The minimum atomic E-state index is -0.931. The summed E-state index contributed by atoms with van der Waals surface area (Å²) in [6.07, 6.45) is 0. The SMILES string of the molecule is O=C(ON1C(=O)c2ccccc2C1=O)c1ccc(Oc2ccc(F)cc2F)cc1. The molecule has 144 valence electrons. The normalized spacial score (nSPS) is 12.7. The molecule has 1 aliphatic heterocycles. The molecule has 0 aliphatic carbocycles. The number of benzene rings is 3. The molecule has 0 aromatic heterocycles. The van der Waals surface area contributed by atoms with Crippen molar-refractivity contribution in [2.24, 2.45) is 0 Å². The van der Waals surface area contributed by atoms with Gasteiger partial charge in [0.25, 0.3) is 11.8 Å². The summed E-state index contributed by atoms with van der Waals surface area (Å²) in [5.41, 5.74) is 0.333. The number of amides is 2. The van der Waals surface area contributed by atoms with E-state index in [0.29, 0.717) is 11.1 Å². The molecule has 8 heteroatoms. The summed E-state index contributed by atoms with van der Waals surface area (Å²) in [7, 11) is 0. The van der Waals surface area contributed by atoms with E-state index in [0.717, 1.165) is 12.1 Å². The van der Waals surface area contributed by atoms with Gasteiger partial charge in [0.15, 0.2) is 11.6 Å². The average molecular weight is 395 g/mol. The van der Waals surface area contributed by atoms with Gasteiger partial charge in [0.1, 0.15) is 11.6 Å². The highest BCUT2D eigenvalue weighted by atomic mass is 19.1. The Balaban J connectivity index is 1.46. The van der Waals surface area contributed by atoms with Gasteiger partial charge >= 0.3 is 5.97 Å². The molecule has 3 aromatic carbocycles. The van der Waals surface area contributed by atoms with Gasteiger partial charge in [-0.1, -0.05) is 17.2 Å². The smallest absolute Gasteiger partial charge is 0.363 e. The lowest BCUT2D eigenvalue weighted by molar-refractivity contribution is -0.0584. The first-order valence-corrected chi connectivity index (χ1v) is 8.37. The van der Waals surface area contributed by atoms with Crippen LogP contribution < -0.4 is 4.74 Å². The molecule has 1 heterocycles. The molecule has 3 aromatic rings. The van der Waals surface area contributed by atoms with Crippen LogP contribution in [-0.4, -0.2) is 22.8 Å². The van der Waals surface area contributed by atoms with E-state index in [1.165, 1.54) is 36.4 Å². The number of halogens is 2. The Bertz CT molecular complexity index is 1110. The fraction of sp³-hybridized carbons (Fsp3) is 0. The van der Waals surface area contributed by atoms with Crippen molar-refractivity contribution in [2.75, 3.05) is 0 Å². The minimum Gasteiger partial charge on any atom is -0.454 e. The molecule has 0 bridgehead atoms. The van der Waals surface area contributed by atoms with Crippen molar-refractivity contribution in [2.45, 2.75) is 0 Å². The molecular formula is C21H11F2NO5. The third kappa shape index (κ3) is 3.43. The summed E-state index contributed by atoms with van der Waals surface area (Å²) >= 11 is 0. The topological polar surface area (TPSA) is 72.9 Å². The van der Waals surface area contributed by atoms with Crippen molar-refractivity contribution in [3.8, 4) is 11.5 Å². The van der Waals surface area contributed by atoms with Crippen molar-refractivity contribution < 1.29 is 32.7 Å². The second kappa shape index (κ2) is 7.16. The standard InChI is InChI=1S/C21H11F2NO5/c22-13-7-10-18(17(23)11-13)28-14-8-5-12(6-9-14)21(27)29-24-19(25)15-3-1-2-4-16(15)20(24)26/h1-11H. The zero-order valence-corrected chi connectivity index (χ0v) is 14.6. The monoisotopic (exact) mass is 395 g/mol. The lowest BCUT2D eigenvalue weighted by atomic mass is 10.1. The van der Waals surface area contributed by atoms with Crippen molar-refractivity contribution >= 4 is 17.8 Å². The Kier molecular flexibility index (Phi) is 4.52. The zero-order valence-electron chi connectivity index (χ0n) is 14.6. The fourth-order valence-electron chi connectivity index (χ4n) is 2.73. The number of hydrogen-bond acceptors (Lipinski definition) is 5. The second-order valence-corrected chi connectivity index (χ2v) is 6.03. The molecule has 1 aliphatic rings. The first-order chi connectivity index (χ1) is 13.9. The van der Waals surface area contributed by atoms with E-state index in [1.54, 1.807) is 12.1 Å². The van der Waals surface area contributed by atoms with Crippen LogP contribution >= 0.6 is 0 Å². The van der Waals surface area contributed by atoms with Crippen LogP contribution in [0.3, 0.4) is 0 Å². The Labute approximate surface area is 162 Å². The maximum atomic E-state index is 13.6. The first kappa shape index (κ1) is 18.3. The maximum absolute atomic E-state index is 13.6. The number of carbonyl (C=O) groups excluding carboxylic acids is 3. The van der Waals surface area contributed by atoms with Crippen LogP contribution in [-0.2, 0) is 4.84 Å². The van der Waals surface area contributed by atoms with Gasteiger partial charge in [0.2, 0.25) is 0 Å². The largest absolute Gasteiger partial charge is 0.454 e. The van der Waals surface area contributed by atoms with Gasteiger partial charge in [-0.2, -0.15) is 0 Å². The van der Waals surface area contributed by atoms with Gasteiger partial charge in [-0.25, -0.2) is 13.6 Å². The van der Waals surface area contributed by atoms with E-state index in [4.69, 9.17) is 9.57 Å². The number of imide groups is 1. The number of fused-ring (bicyclic) bond motifs is 1. The lowest BCUT2D eigenvalue weighted by Crippen LogP contribution is -2.32. The van der Waals surface area contributed by atoms with E-state index in [2.05, 4.69) is 0 Å². The number of carbonyl (C=O) groups is 3. The van der Waals surface area contributed by atoms with Crippen LogP contribution in [0.1, 0.15) is 31.1 Å². The number of hydrogen-bond donors (Lipinski definition) is 0. The molecular weight excluding hydrogens is 384 g/mol. The van der Waals surface area contributed by atoms with Gasteiger partial charge in [-0.3, -0.25) is 9.59 Å². The molecule has 0 fully saturated rings. The van der Waals surface area contributed by atoms with E-state index >= 15 is 0 Å². The van der Waals surface area contributed by atoms with Crippen molar-refractivity contribution in [3.63, 3.8) is 0 Å². The highest BCUT2D eigenvalue weighted by Gasteiger charge is 2.38. The zero-order chi connectivity index (χ0) is 20.5. The molecule has 0 radical (unpaired) electrons. The quantitative estimate of drug-likeness (QED) is 0.622. The van der Waals surface area contributed by atoms with E-state index in [-0.39, 0.29) is 28.2 Å². The molecule has 2 amide bonds. The number of nitrogens with zero attached hydrogens (tertiary/aromatic N) is 1. The second-order valence-electron chi connectivity index (χ2n) is 6.03. The summed E-state index contributed by atoms with van der Waals surface area (Å²) in [6, 6.07) is 14.3. The van der Waals surface area contributed by atoms with Gasteiger partial charge in [0.05, 0.1) is 16.7 Å². The van der Waals surface area contributed by atoms with Crippen molar-refractivity contribution in [1.29, 1.82) is 0 Å². The van der Waals surface area contributed by atoms with Crippen LogP contribution in [0, 0.1) is 11.6 Å². The van der Waals surface area contributed by atoms with Gasteiger partial charge < -0.3 is 9.57 Å². The Morgan fingerprint density at radius 3 is 2.03 bits per heavy atom. The van der Waals surface area contributed by atoms with Crippen LogP contribution in [0.5, 0.6) is 11.5 Å². The Morgan fingerprint density at radius 2 is 1.45 bits per heavy atom. The van der Waals surface area contributed by atoms with E-state index in [1.807, 2.05) is 0 Å². The molecule has 29 heavy (non-hydrogen) atoms. The van der Waals surface area contributed by atoms with Crippen LogP contribution in [0.2, 0.25) is 0 Å². The number of rotatable bonds is 4. The lowest BCUT2D eigenvalue weighted by Gasteiger charge is -2.13. The number of ether oxygens (including phenoxy) is 1. The third-order valence-corrected chi connectivity index (χ3v) is 4.14. The van der Waals surface area contributed by atoms with Crippen LogP contribution in [0.4, 0.5) is 8.78 Å². The predicted octanol–water partition coefficient (Wildman–Crippen LogP) is 4.13. The highest BCUT2D eigenvalue weighted by Crippen LogP contribution is 2.26. The molecule has 0 saturated carbocycles. The van der Waals surface area contributed by atoms with Crippen LogP contribution in [0.25, 0.3) is 0 Å². The molecule has 4 rings (SSSR count). The average Bonchev–Trinajstić information content (AvgIpc) is 2.96. The van der Waals surface area contributed by atoms with Crippen LogP contribution in [0.15, 0.2) is 66.7 Å². The summed E-state index contributed by atoms with van der Waals surface area (Å²) in [5.74, 6) is -4.00. The summed E-state index contributed by atoms with van der Waals surface area (Å²) in [4.78, 5) is 41.7. The van der Waals surface area contributed by atoms with Gasteiger partial charge in [-0.15, -0.1) is 0 Å². The van der Waals surface area contributed by atoms with Gasteiger partial charge in [-0.05, 0) is 48.5 Å². The fourth-order valence-corrected chi connectivity index (χ4v) is 2.73. The molecule has 0 N–H and O–H groups in total. The molecule has 6 nitrogen and oxygen atoms in total. The Morgan fingerprint density at radius 1 is 0.828 bits per heavy atom. The van der Waals surface area contributed by atoms with Crippen molar-refractivity contribution in [1.82, 2.24) is 5.06 Å². The molecule has 0 unspecified atom stereocenters. The van der Waals surface area contributed by atoms with E-state index < -0.39 is 29.4 Å². The van der Waals surface area contributed by atoms with Crippen molar-refractivity contribution in [3.05, 3.63) is 95.1 Å². The third-order valence-electron chi connectivity index (χ3n) is 4.14. The summed E-state index contributed by atoms with van der Waals surface area (Å²) < 4.78 is 31.9. The first-order valence-electron chi connectivity index (χ1n) is 8.37. The summed E-state index contributed by atoms with van der Waals surface area (Å²) in [6.45, 7) is 0. The highest BCUT2D eigenvalue weighted by molar-refractivity contribution is 6.21. The summed E-state index contributed by atoms with van der Waals surface area (Å²) in [5, 5.41) is 0.408. The molecule has 0 spiro atoms. The number of hydroxylamine groups is 2. The Hall–Kier alpha value is -4.07. The molecule has 0 atom stereocenters. The molecule has 0 saturated heterocycles. The predicted molar refractivity (Wildman–Crippen MR) is 95.2 cm³/mol.